The first-order valence-corrected chi connectivity index (χ1v) is 8.25. The van der Waals surface area contributed by atoms with E-state index >= 15 is 0 Å². The van der Waals surface area contributed by atoms with E-state index < -0.39 is 0 Å². The first-order chi connectivity index (χ1) is 10.7. The number of nitrogens with zero attached hydrogens (tertiary/aromatic N) is 3. The predicted octanol–water partition coefficient (Wildman–Crippen LogP) is 4.60. The largest absolute Gasteiger partial charge is 0.304 e. The van der Waals surface area contributed by atoms with Crippen LogP contribution < -0.4 is 5.43 Å². The predicted molar refractivity (Wildman–Crippen MR) is 89.9 cm³/mol. The molecule has 0 fully saturated rings. The molecule has 1 atom stereocenters. The highest BCUT2D eigenvalue weighted by atomic mass is 35.5. The molecule has 0 unspecified atom stereocenters. The van der Waals surface area contributed by atoms with Crippen LogP contribution >= 0.6 is 35.0 Å². The molecule has 0 amide bonds. The molecule has 0 spiro atoms. The average molecular weight is 349 g/mol. The fraction of sp³-hybridized carbons (Fsp3) is 0.0667. The molecule has 0 bridgehead atoms. The van der Waals surface area contributed by atoms with Crippen molar-refractivity contribution in [3.8, 4) is 11.4 Å². The van der Waals surface area contributed by atoms with Gasteiger partial charge in [0, 0.05) is 10.6 Å². The molecule has 4 rings (SSSR count). The molecule has 22 heavy (non-hydrogen) atoms. The second kappa shape index (κ2) is 5.50. The van der Waals surface area contributed by atoms with Crippen LogP contribution in [0, 0.1) is 0 Å². The molecule has 0 aliphatic carbocycles. The topological polar surface area (TPSA) is 42.7 Å². The summed E-state index contributed by atoms with van der Waals surface area (Å²) in [5, 5.41) is 10.5. The molecule has 0 saturated heterocycles. The molecule has 0 radical (unpaired) electrons. The maximum absolute atomic E-state index is 6.28. The van der Waals surface area contributed by atoms with Gasteiger partial charge in [-0.2, -0.15) is 0 Å². The SMILES string of the molecule is Clc1ccc(-c2nnc3n2N[C@@H](c2ccccc2)S3)c(Cl)c1. The molecule has 7 heteroatoms. The Morgan fingerprint density at radius 1 is 1.05 bits per heavy atom. The molecule has 1 N–H and O–H groups in total. The summed E-state index contributed by atoms with van der Waals surface area (Å²) >= 11 is 13.9. The van der Waals surface area contributed by atoms with Gasteiger partial charge in [0.05, 0.1) is 5.02 Å². The smallest absolute Gasteiger partial charge is 0.212 e. The standard InChI is InChI=1S/C15H10Cl2N4S/c16-10-6-7-11(12(17)8-10)13-18-19-15-21(13)20-14(22-15)9-4-2-1-3-5-9/h1-8,14,20H/t14-/m1/s1. The third-order valence-corrected chi connectivity index (χ3v) is 5.01. The van der Waals surface area contributed by atoms with Gasteiger partial charge in [-0.25, -0.2) is 4.68 Å². The van der Waals surface area contributed by atoms with Crippen molar-refractivity contribution in [3.05, 3.63) is 64.1 Å². The lowest BCUT2D eigenvalue weighted by Gasteiger charge is -2.12. The summed E-state index contributed by atoms with van der Waals surface area (Å²) in [4.78, 5) is 0. The summed E-state index contributed by atoms with van der Waals surface area (Å²) in [7, 11) is 0. The van der Waals surface area contributed by atoms with Crippen molar-refractivity contribution in [1.29, 1.82) is 0 Å². The lowest BCUT2D eigenvalue weighted by Crippen LogP contribution is -2.13. The van der Waals surface area contributed by atoms with E-state index in [4.69, 9.17) is 23.2 Å². The van der Waals surface area contributed by atoms with Crippen molar-refractivity contribution >= 4 is 35.0 Å². The minimum Gasteiger partial charge on any atom is -0.304 e. The summed E-state index contributed by atoms with van der Waals surface area (Å²) < 4.78 is 1.87. The summed E-state index contributed by atoms with van der Waals surface area (Å²) in [6, 6.07) is 15.6. The molecule has 110 valence electrons. The highest BCUT2D eigenvalue weighted by Gasteiger charge is 2.28. The molecular formula is C15H10Cl2N4S. The number of nitrogens with one attached hydrogen (secondary N) is 1. The van der Waals surface area contributed by atoms with E-state index in [2.05, 4.69) is 27.8 Å². The van der Waals surface area contributed by atoms with Gasteiger partial charge in [0.15, 0.2) is 5.82 Å². The second-order valence-electron chi connectivity index (χ2n) is 4.80. The lowest BCUT2D eigenvalue weighted by molar-refractivity contribution is 0.792. The number of fused-ring (bicyclic) bond motifs is 1. The zero-order valence-electron chi connectivity index (χ0n) is 11.2. The van der Waals surface area contributed by atoms with Crippen LogP contribution in [0.1, 0.15) is 10.9 Å². The van der Waals surface area contributed by atoms with Crippen molar-refractivity contribution in [2.75, 3.05) is 5.43 Å². The average Bonchev–Trinajstić information content (AvgIpc) is 3.09. The van der Waals surface area contributed by atoms with E-state index in [9.17, 15) is 0 Å². The highest BCUT2D eigenvalue weighted by Crippen LogP contribution is 2.41. The zero-order valence-corrected chi connectivity index (χ0v) is 13.5. The Hall–Kier alpha value is -1.69. The Balaban J connectivity index is 1.70. The van der Waals surface area contributed by atoms with Crippen LogP contribution in [0.15, 0.2) is 53.7 Å². The Morgan fingerprint density at radius 2 is 1.86 bits per heavy atom. The van der Waals surface area contributed by atoms with Crippen LogP contribution in [0.2, 0.25) is 10.0 Å². The van der Waals surface area contributed by atoms with Crippen molar-refractivity contribution in [2.24, 2.45) is 0 Å². The number of benzene rings is 2. The first kappa shape index (κ1) is 13.9. The van der Waals surface area contributed by atoms with Gasteiger partial charge in [-0.05, 0) is 23.8 Å². The molecule has 1 aliphatic heterocycles. The molecule has 4 nitrogen and oxygen atoms in total. The Labute approximate surface area is 141 Å². The lowest BCUT2D eigenvalue weighted by atomic mass is 10.2. The first-order valence-electron chi connectivity index (χ1n) is 6.61. The van der Waals surface area contributed by atoms with Crippen molar-refractivity contribution in [2.45, 2.75) is 10.5 Å². The molecule has 2 heterocycles. The van der Waals surface area contributed by atoms with Gasteiger partial charge in [0.2, 0.25) is 5.16 Å². The third kappa shape index (κ3) is 2.35. The van der Waals surface area contributed by atoms with Crippen molar-refractivity contribution in [1.82, 2.24) is 14.9 Å². The van der Waals surface area contributed by atoms with Crippen molar-refractivity contribution < 1.29 is 0 Å². The fourth-order valence-corrected chi connectivity index (χ4v) is 3.82. The molecule has 1 aromatic heterocycles. The maximum Gasteiger partial charge on any atom is 0.212 e. The van der Waals surface area contributed by atoms with E-state index in [0.29, 0.717) is 15.9 Å². The highest BCUT2D eigenvalue weighted by molar-refractivity contribution is 7.99. The molecule has 1 aliphatic rings. The van der Waals surface area contributed by atoms with Gasteiger partial charge in [0.1, 0.15) is 5.37 Å². The van der Waals surface area contributed by atoms with E-state index in [0.717, 1.165) is 10.7 Å². The monoisotopic (exact) mass is 348 g/mol. The van der Waals surface area contributed by atoms with Crippen LogP contribution in [-0.2, 0) is 0 Å². The Kier molecular flexibility index (Phi) is 3.48. The van der Waals surface area contributed by atoms with Gasteiger partial charge >= 0.3 is 0 Å². The summed E-state index contributed by atoms with van der Waals surface area (Å²) in [6.45, 7) is 0. The number of aromatic nitrogens is 3. The third-order valence-electron chi connectivity index (χ3n) is 3.38. The quantitative estimate of drug-likeness (QED) is 0.734. The van der Waals surface area contributed by atoms with E-state index in [1.807, 2.05) is 28.9 Å². The van der Waals surface area contributed by atoms with Crippen LogP contribution in [0.5, 0.6) is 0 Å². The van der Waals surface area contributed by atoms with Gasteiger partial charge in [-0.1, -0.05) is 65.3 Å². The number of hydrogen-bond acceptors (Lipinski definition) is 4. The number of thioether (sulfide) groups is 1. The number of rotatable bonds is 2. The van der Waals surface area contributed by atoms with Crippen molar-refractivity contribution in [3.63, 3.8) is 0 Å². The zero-order chi connectivity index (χ0) is 15.1. The van der Waals surface area contributed by atoms with Crippen LogP contribution in [0.3, 0.4) is 0 Å². The minimum atomic E-state index is 0.108. The Bertz CT molecular complexity index is 835. The Morgan fingerprint density at radius 3 is 2.64 bits per heavy atom. The maximum atomic E-state index is 6.28. The number of halogens is 2. The number of hydrogen-bond donors (Lipinski definition) is 1. The van der Waals surface area contributed by atoms with E-state index in [-0.39, 0.29) is 5.37 Å². The normalized spacial score (nSPS) is 16.4. The van der Waals surface area contributed by atoms with E-state index in [1.165, 1.54) is 5.56 Å². The molecule has 3 aromatic rings. The minimum absolute atomic E-state index is 0.108. The summed E-state index contributed by atoms with van der Waals surface area (Å²) in [5.41, 5.74) is 5.39. The summed E-state index contributed by atoms with van der Waals surface area (Å²) in [6.07, 6.45) is 0. The van der Waals surface area contributed by atoms with Crippen LogP contribution in [0.25, 0.3) is 11.4 Å². The molecular weight excluding hydrogens is 339 g/mol. The van der Waals surface area contributed by atoms with Gasteiger partial charge in [-0.3, -0.25) is 0 Å². The van der Waals surface area contributed by atoms with Gasteiger partial charge in [-0.15, -0.1) is 10.2 Å². The fourth-order valence-electron chi connectivity index (χ4n) is 2.33. The van der Waals surface area contributed by atoms with Gasteiger partial charge in [0.25, 0.3) is 0 Å². The van der Waals surface area contributed by atoms with Gasteiger partial charge < -0.3 is 5.43 Å². The van der Waals surface area contributed by atoms with E-state index in [1.54, 1.807) is 23.9 Å². The molecule has 0 saturated carbocycles. The summed E-state index contributed by atoms with van der Waals surface area (Å²) in [5.74, 6) is 0.683. The second-order valence-corrected chi connectivity index (χ2v) is 6.72. The molecule has 2 aromatic carbocycles. The van der Waals surface area contributed by atoms with Crippen LogP contribution in [0.4, 0.5) is 0 Å². The van der Waals surface area contributed by atoms with Crippen LogP contribution in [-0.4, -0.2) is 14.9 Å².